The van der Waals surface area contributed by atoms with Crippen LogP contribution in [0.1, 0.15) is 23.7 Å². The third-order valence-corrected chi connectivity index (χ3v) is 5.30. The van der Waals surface area contributed by atoms with Crippen LogP contribution in [-0.4, -0.2) is 49.4 Å². The van der Waals surface area contributed by atoms with Gasteiger partial charge in [0, 0.05) is 36.3 Å². The Morgan fingerprint density at radius 2 is 2.08 bits per heavy atom. The molecule has 0 spiro atoms. The molecule has 1 aliphatic heterocycles. The summed E-state index contributed by atoms with van der Waals surface area (Å²) in [4.78, 5) is 16.9. The van der Waals surface area contributed by atoms with Gasteiger partial charge in [-0.3, -0.25) is 4.79 Å². The van der Waals surface area contributed by atoms with Crippen LogP contribution in [0.4, 0.5) is 4.39 Å². The molecule has 138 valence electrons. The molecule has 1 saturated heterocycles. The monoisotopic (exact) mass is 374 g/mol. The summed E-state index contributed by atoms with van der Waals surface area (Å²) >= 11 is 5.83. The number of carbonyl (C=O) groups excluding carboxylic acids is 1. The Morgan fingerprint density at radius 1 is 1.31 bits per heavy atom. The quantitative estimate of drug-likeness (QED) is 0.783. The van der Waals surface area contributed by atoms with Crippen LogP contribution >= 0.6 is 11.6 Å². The van der Waals surface area contributed by atoms with E-state index in [1.807, 2.05) is 7.05 Å². The second-order valence-corrected chi connectivity index (χ2v) is 8.10. The SMILES string of the molecule is CN1CC[C@](C)(CN(C)C(=O)c2cccc(-c3ccc(Cl)cc3F)c2)C1. The van der Waals surface area contributed by atoms with Crippen LogP contribution in [0.15, 0.2) is 42.5 Å². The highest BCUT2D eigenvalue weighted by atomic mass is 35.5. The van der Waals surface area contributed by atoms with E-state index >= 15 is 0 Å². The normalized spacial score (nSPS) is 20.3. The average Bonchev–Trinajstić information content (AvgIpc) is 2.92. The maximum absolute atomic E-state index is 14.2. The molecule has 1 aliphatic rings. The molecule has 26 heavy (non-hydrogen) atoms. The molecule has 2 aromatic rings. The van der Waals surface area contributed by atoms with Crippen molar-refractivity contribution >= 4 is 17.5 Å². The summed E-state index contributed by atoms with van der Waals surface area (Å²) in [7, 11) is 3.94. The summed E-state index contributed by atoms with van der Waals surface area (Å²) < 4.78 is 14.2. The molecule has 0 radical (unpaired) electrons. The fraction of sp³-hybridized carbons (Fsp3) is 0.381. The number of hydrogen-bond donors (Lipinski definition) is 0. The van der Waals surface area contributed by atoms with E-state index in [4.69, 9.17) is 11.6 Å². The van der Waals surface area contributed by atoms with Gasteiger partial charge in [0.05, 0.1) is 0 Å². The predicted octanol–water partition coefficient (Wildman–Crippen LogP) is 4.56. The van der Waals surface area contributed by atoms with Gasteiger partial charge in [0.25, 0.3) is 5.91 Å². The largest absolute Gasteiger partial charge is 0.341 e. The van der Waals surface area contributed by atoms with E-state index in [1.54, 1.807) is 41.3 Å². The number of benzene rings is 2. The van der Waals surface area contributed by atoms with Crippen molar-refractivity contribution in [2.75, 3.05) is 33.7 Å². The first-order valence-electron chi connectivity index (χ1n) is 8.77. The zero-order valence-electron chi connectivity index (χ0n) is 15.4. The van der Waals surface area contributed by atoms with Crippen LogP contribution in [0, 0.1) is 11.2 Å². The topological polar surface area (TPSA) is 23.6 Å². The van der Waals surface area contributed by atoms with Crippen molar-refractivity contribution in [1.29, 1.82) is 0 Å². The summed E-state index contributed by atoms with van der Waals surface area (Å²) in [6.07, 6.45) is 1.08. The molecule has 1 amide bonds. The van der Waals surface area contributed by atoms with E-state index in [9.17, 15) is 9.18 Å². The van der Waals surface area contributed by atoms with E-state index in [1.165, 1.54) is 6.07 Å². The molecule has 0 aliphatic carbocycles. The van der Waals surface area contributed by atoms with Gasteiger partial charge in [-0.1, -0.05) is 30.7 Å². The molecule has 0 N–H and O–H groups in total. The third kappa shape index (κ3) is 4.08. The molecule has 0 bridgehead atoms. The average molecular weight is 375 g/mol. The molecule has 1 atom stereocenters. The van der Waals surface area contributed by atoms with Crippen molar-refractivity contribution in [3.8, 4) is 11.1 Å². The van der Waals surface area contributed by atoms with Gasteiger partial charge < -0.3 is 9.80 Å². The van der Waals surface area contributed by atoms with E-state index < -0.39 is 5.82 Å². The summed E-state index contributed by atoms with van der Waals surface area (Å²) in [5.41, 5.74) is 1.79. The van der Waals surface area contributed by atoms with Gasteiger partial charge in [-0.25, -0.2) is 4.39 Å². The van der Waals surface area contributed by atoms with E-state index in [0.717, 1.165) is 19.5 Å². The molecule has 2 aromatic carbocycles. The fourth-order valence-corrected chi connectivity index (χ4v) is 3.97. The first-order valence-corrected chi connectivity index (χ1v) is 9.15. The Hall–Kier alpha value is -1.91. The fourth-order valence-electron chi connectivity index (χ4n) is 3.81. The van der Waals surface area contributed by atoms with Crippen LogP contribution in [0.5, 0.6) is 0 Å². The Morgan fingerprint density at radius 3 is 2.73 bits per heavy atom. The number of amides is 1. The van der Waals surface area contributed by atoms with E-state index in [2.05, 4.69) is 18.9 Å². The van der Waals surface area contributed by atoms with Crippen LogP contribution in [0.25, 0.3) is 11.1 Å². The highest BCUT2D eigenvalue weighted by Gasteiger charge is 2.34. The van der Waals surface area contributed by atoms with Gasteiger partial charge in [-0.05, 0) is 61.3 Å². The second-order valence-electron chi connectivity index (χ2n) is 7.66. The minimum absolute atomic E-state index is 0.0444. The Labute approximate surface area is 159 Å². The molecule has 1 heterocycles. The first kappa shape index (κ1) is 18.9. The number of carbonyl (C=O) groups is 1. The number of nitrogens with zero attached hydrogens (tertiary/aromatic N) is 2. The Bertz CT molecular complexity index is 825. The van der Waals surface area contributed by atoms with Gasteiger partial charge in [-0.2, -0.15) is 0 Å². The molecule has 3 rings (SSSR count). The van der Waals surface area contributed by atoms with Crippen molar-refractivity contribution in [2.45, 2.75) is 13.3 Å². The molecular weight excluding hydrogens is 351 g/mol. The third-order valence-electron chi connectivity index (χ3n) is 5.07. The number of halogens is 2. The summed E-state index contributed by atoms with van der Waals surface area (Å²) in [6, 6.07) is 11.7. The lowest BCUT2D eigenvalue weighted by molar-refractivity contribution is 0.0730. The van der Waals surface area contributed by atoms with Crippen LogP contribution in [0.2, 0.25) is 5.02 Å². The molecule has 0 aromatic heterocycles. The maximum Gasteiger partial charge on any atom is 0.253 e. The highest BCUT2D eigenvalue weighted by Crippen LogP contribution is 2.30. The highest BCUT2D eigenvalue weighted by molar-refractivity contribution is 6.30. The number of hydrogen-bond acceptors (Lipinski definition) is 2. The zero-order chi connectivity index (χ0) is 18.9. The molecule has 5 heteroatoms. The summed E-state index contributed by atoms with van der Waals surface area (Å²) in [5, 5.41) is 0.355. The zero-order valence-corrected chi connectivity index (χ0v) is 16.2. The minimum Gasteiger partial charge on any atom is -0.341 e. The van der Waals surface area contributed by atoms with Gasteiger partial charge >= 0.3 is 0 Å². The van der Waals surface area contributed by atoms with E-state index in [-0.39, 0.29) is 11.3 Å². The predicted molar refractivity (Wildman–Crippen MR) is 104 cm³/mol. The Kier molecular flexibility index (Phi) is 5.35. The van der Waals surface area contributed by atoms with Crippen molar-refractivity contribution < 1.29 is 9.18 Å². The number of likely N-dealkylation sites (tertiary alicyclic amines) is 1. The van der Waals surface area contributed by atoms with Crippen molar-refractivity contribution in [1.82, 2.24) is 9.80 Å². The maximum atomic E-state index is 14.2. The molecular formula is C21H24ClFN2O. The van der Waals surface area contributed by atoms with Crippen LogP contribution in [-0.2, 0) is 0 Å². The molecule has 0 unspecified atom stereocenters. The lowest BCUT2D eigenvalue weighted by Crippen LogP contribution is -2.38. The van der Waals surface area contributed by atoms with Crippen molar-refractivity contribution in [3.05, 3.63) is 58.9 Å². The van der Waals surface area contributed by atoms with Gasteiger partial charge in [0.15, 0.2) is 0 Å². The van der Waals surface area contributed by atoms with Crippen LogP contribution < -0.4 is 0 Å². The number of rotatable bonds is 4. The van der Waals surface area contributed by atoms with Crippen molar-refractivity contribution in [3.63, 3.8) is 0 Å². The van der Waals surface area contributed by atoms with Crippen LogP contribution in [0.3, 0.4) is 0 Å². The molecule has 0 saturated carbocycles. The smallest absolute Gasteiger partial charge is 0.253 e. The van der Waals surface area contributed by atoms with Gasteiger partial charge in [0.2, 0.25) is 0 Å². The lowest BCUT2D eigenvalue weighted by atomic mass is 9.89. The second kappa shape index (κ2) is 7.37. The minimum atomic E-state index is -0.392. The van der Waals surface area contributed by atoms with Crippen molar-refractivity contribution in [2.24, 2.45) is 5.41 Å². The first-order chi connectivity index (χ1) is 12.3. The molecule has 3 nitrogen and oxygen atoms in total. The summed E-state index contributed by atoms with van der Waals surface area (Å²) in [5.74, 6) is -0.436. The van der Waals surface area contributed by atoms with Gasteiger partial charge in [0.1, 0.15) is 5.82 Å². The standard InChI is InChI=1S/C21H24ClFN2O/c1-21(9-10-24(2)13-21)14-25(3)20(26)16-6-4-5-15(11-16)18-8-7-17(22)12-19(18)23/h4-8,11-12H,9-10,13-14H2,1-3H3/t21-/m0/s1. The lowest BCUT2D eigenvalue weighted by Gasteiger charge is -2.30. The van der Waals surface area contributed by atoms with E-state index in [0.29, 0.717) is 28.3 Å². The van der Waals surface area contributed by atoms with Gasteiger partial charge in [-0.15, -0.1) is 0 Å². The summed E-state index contributed by atoms with van der Waals surface area (Å²) in [6.45, 7) is 4.97. The Balaban J connectivity index is 1.80. The molecule has 1 fully saturated rings.